The molecule has 14 nitrogen and oxygen atoms in total. The molecule has 0 bridgehead atoms. The Labute approximate surface area is 358 Å². The number of alkyl halides is 5. The monoisotopic (exact) mass is 891 g/mol. The number of carbonyl (C=O) groups is 4. The number of carbonyl (C=O) groups excluding carboxylic acids is 4. The third-order valence-electron chi connectivity index (χ3n) is 10.7. The summed E-state index contributed by atoms with van der Waals surface area (Å²) < 4.78 is 77.5. The molecule has 0 saturated carbocycles. The summed E-state index contributed by atoms with van der Waals surface area (Å²) >= 11 is 10.8. The minimum Gasteiger partial charge on any atom is -0.492 e. The van der Waals surface area contributed by atoms with E-state index in [9.17, 15) is 32.3 Å². The highest BCUT2D eigenvalue weighted by Gasteiger charge is 2.52. The van der Waals surface area contributed by atoms with Crippen LogP contribution in [0.25, 0.3) is 0 Å². The van der Waals surface area contributed by atoms with E-state index < -0.39 is 57.8 Å². The fraction of sp³-hybridized carbons (Fsp3) is 0.450. The second-order valence-electron chi connectivity index (χ2n) is 15.6. The third kappa shape index (κ3) is 10.1. The quantitative estimate of drug-likeness (QED) is 0.0985. The molecule has 3 fully saturated rings. The Bertz CT molecular complexity index is 2250. The van der Waals surface area contributed by atoms with Crippen molar-refractivity contribution in [2.24, 2.45) is 0 Å². The van der Waals surface area contributed by atoms with E-state index in [2.05, 4.69) is 38.5 Å². The van der Waals surface area contributed by atoms with Crippen molar-refractivity contribution in [3.63, 3.8) is 0 Å². The number of ether oxygens (including phenoxy) is 1. The van der Waals surface area contributed by atoms with Gasteiger partial charge in [-0.15, -0.1) is 12.6 Å². The summed E-state index contributed by atoms with van der Waals surface area (Å²) in [6, 6.07) is 10.2. The highest BCUT2D eigenvalue weighted by atomic mass is 35.5. The Hall–Kier alpha value is -5.23. The Morgan fingerprint density at radius 2 is 1.77 bits per heavy atom. The van der Waals surface area contributed by atoms with E-state index in [0.717, 1.165) is 11.1 Å². The van der Waals surface area contributed by atoms with Crippen LogP contribution < -0.4 is 30.5 Å². The first-order valence-corrected chi connectivity index (χ1v) is 20.1. The maximum atomic E-state index is 15.2. The van der Waals surface area contributed by atoms with Gasteiger partial charge < -0.3 is 20.3 Å². The number of nitrogens with one attached hydrogen (secondary N) is 3. The maximum absolute atomic E-state index is 15.2. The van der Waals surface area contributed by atoms with Gasteiger partial charge in [0.25, 0.3) is 11.8 Å². The fourth-order valence-electron chi connectivity index (χ4n) is 7.60. The van der Waals surface area contributed by atoms with Crippen LogP contribution in [0, 0.1) is 11.3 Å². The molecule has 326 valence electrons. The normalized spacial score (nSPS) is 21.3. The summed E-state index contributed by atoms with van der Waals surface area (Å²) in [5.74, 6) is -5.24. The van der Waals surface area contributed by atoms with E-state index in [1.807, 2.05) is 11.8 Å². The van der Waals surface area contributed by atoms with Crippen molar-refractivity contribution >= 4 is 70.6 Å². The molecule has 1 unspecified atom stereocenters. The Morgan fingerprint density at radius 1 is 1.07 bits per heavy atom. The molecule has 21 heteroatoms. The predicted octanol–water partition coefficient (Wildman–Crippen LogP) is 5.82. The van der Waals surface area contributed by atoms with Gasteiger partial charge >= 0.3 is 6.18 Å². The van der Waals surface area contributed by atoms with E-state index in [1.54, 1.807) is 18.2 Å². The van der Waals surface area contributed by atoms with Gasteiger partial charge in [-0.1, -0.05) is 11.6 Å². The molecule has 4 amide bonds. The summed E-state index contributed by atoms with van der Waals surface area (Å²) in [5.41, 5.74) is -4.60. The van der Waals surface area contributed by atoms with Gasteiger partial charge in [0, 0.05) is 67.7 Å². The van der Waals surface area contributed by atoms with Crippen molar-refractivity contribution in [2.45, 2.75) is 75.8 Å². The zero-order valence-corrected chi connectivity index (χ0v) is 35.1. The van der Waals surface area contributed by atoms with Crippen molar-refractivity contribution < 1.29 is 45.9 Å². The third-order valence-corrected chi connectivity index (χ3v) is 11.4. The SMILES string of the molecule is C[C@@H]1CN(CCOc2ccc(N3[C@@H](S)N(c4cnc(C#N)c(C(F)(F)F)c4)C(=O)C3(C)C)cc2C(C)(F)F)CCN1CC(=O)Nc1cc(Cl)cc(NC2CCC(=O)NC2=O)c1. The van der Waals surface area contributed by atoms with E-state index in [-0.39, 0.29) is 54.6 Å². The topological polar surface area (TPSA) is 163 Å². The summed E-state index contributed by atoms with van der Waals surface area (Å²) in [6.07, 6.45) is -3.46. The van der Waals surface area contributed by atoms with Gasteiger partial charge in [-0.3, -0.25) is 39.2 Å². The number of thiol groups is 1. The number of nitriles is 1. The molecule has 1 aromatic heterocycles. The lowest BCUT2D eigenvalue weighted by molar-refractivity contribution is -0.138. The van der Waals surface area contributed by atoms with Crippen LogP contribution in [0.3, 0.4) is 0 Å². The number of rotatable bonds is 12. The number of benzene rings is 2. The van der Waals surface area contributed by atoms with Crippen molar-refractivity contribution in [3.05, 3.63) is 70.5 Å². The van der Waals surface area contributed by atoms with E-state index in [4.69, 9.17) is 21.6 Å². The zero-order chi connectivity index (χ0) is 44.6. The van der Waals surface area contributed by atoms with Gasteiger partial charge in [0.1, 0.15) is 30.0 Å². The predicted molar refractivity (Wildman–Crippen MR) is 220 cm³/mol. The van der Waals surface area contributed by atoms with Gasteiger partial charge in [0.15, 0.2) is 11.2 Å². The Balaban J connectivity index is 1.05. The molecule has 0 radical (unpaired) electrons. The fourth-order valence-corrected chi connectivity index (χ4v) is 8.49. The molecule has 0 aliphatic carbocycles. The number of piperazine rings is 1. The van der Waals surface area contributed by atoms with Crippen molar-refractivity contribution in [2.75, 3.05) is 59.8 Å². The number of imide groups is 1. The van der Waals surface area contributed by atoms with E-state index in [1.165, 1.54) is 43.0 Å². The molecule has 3 aromatic rings. The maximum Gasteiger partial charge on any atom is 0.419 e. The summed E-state index contributed by atoms with van der Waals surface area (Å²) in [4.78, 5) is 60.5. The summed E-state index contributed by atoms with van der Waals surface area (Å²) in [6.45, 7) is 7.79. The first-order valence-electron chi connectivity index (χ1n) is 19.2. The standard InChI is InChI=1S/C40H43ClF5N9O5S/c1-22-20-52(9-10-53(22)21-34(57)50-25-14-23(41)13-24(15-25)49-30-6-8-33(56)51-35(30)58)11-12-60-32-7-5-26(16-29(32)39(4,42)43)55-37(61)54(36(59)38(55,2)3)27-17-28(40(44,45)46)31(18-47)48-19-27/h5,7,13-17,19,22,30,37,49,61H,6,8-12,20-21H2,1-4H3,(H,50,57)(H,51,56,58)/t22-,30?,37+/m1/s1. The molecular formula is C40H43ClF5N9O5S. The summed E-state index contributed by atoms with van der Waals surface area (Å²) in [7, 11) is 0. The average Bonchev–Trinajstić information content (AvgIpc) is 3.34. The number of hydrogen-bond acceptors (Lipinski definition) is 12. The van der Waals surface area contributed by atoms with Crippen LogP contribution in [-0.4, -0.2) is 101 Å². The van der Waals surface area contributed by atoms with Gasteiger partial charge in [0.05, 0.1) is 29.6 Å². The molecule has 3 aliphatic heterocycles. The molecular weight excluding hydrogens is 849 g/mol. The van der Waals surface area contributed by atoms with Gasteiger partial charge in [-0.05, 0) is 69.7 Å². The molecule has 3 atom stereocenters. The molecule has 6 rings (SSSR count). The molecule has 4 heterocycles. The molecule has 3 N–H and O–H groups in total. The van der Waals surface area contributed by atoms with Crippen LogP contribution in [0.5, 0.6) is 5.75 Å². The minimum absolute atomic E-state index is 0.0451. The van der Waals surface area contributed by atoms with E-state index >= 15 is 8.78 Å². The average molecular weight is 892 g/mol. The van der Waals surface area contributed by atoms with Crippen LogP contribution in [-0.2, 0) is 31.3 Å². The summed E-state index contributed by atoms with van der Waals surface area (Å²) in [5, 5.41) is 17.7. The van der Waals surface area contributed by atoms with Crippen molar-refractivity contribution in [1.82, 2.24) is 20.1 Å². The van der Waals surface area contributed by atoms with Gasteiger partial charge in [0.2, 0.25) is 17.7 Å². The molecule has 3 aliphatic rings. The molecule has 2 aromatic carbocycles. The lowest BCUT2D eigenvalue weighted by atomic mass is 10.0. The first kappa shape index (κ1) is 45.3. The molecule has 3 saturated heterocycles. The Morgan fingerprint density at radius 3 is 2.43 bits per heavy atom. The van der Waals surface area contributed by atoms with Gasteiger partial charge in [-0.25, -0.2) is 13.8 Å². The number of hydrogen-bond donors (Lipinski definition) is 4. The largest absolute Gasteiger partial charge is 0.492 e. The highest BCUT2D eigenvalue weighted by Crippen LogP contribution is 2.45. The molecule has 61 heavy (non-hydrogen) atoms. The van der Waals surface area contributed by atoms with Gasteiger partial charge in [-0.2, -0.15) is 18.4 Å². The number of pyridine rings is 1. The van der Waals surface area contributed by atoms with Crippen LogP contribution in [0.15, 0.2) is 48.7 Å². The van der Waals surface area contributed by atoms with E-state index in [0.29, 0.717) is 62.0 Å². The van der Waals surface area contributed by atoms with Crippen LogP contribution >= 0.6 is 24.2 Å². The van der Waals surface area contributed by atoms with Crippen molar-refractivity contribution in [1.29, 1.82) is 5.26 Å². The molecule has 0 spiro atoms. The number of nitrogens with zero attached hydrogens (tertiary/aromatic N) is 6. The van der Waals surface area contributed by atoms with Crippen LogP contribution in [0.4, 0.5) is 44.7 Å². The lowest BCUT2D eigenvalue weighted by Crippen LogP contribution is -2.54. The van der Waals surface area contributed by atoms with Crippen molar-refractivity contribution in [3.8, 4) is 11.8 Å². The number of piperidine rings is 1. The Kier molecular flexibility index (Phi) is 13.1. The number of aromatic nitrogens is 1. The number of halogens is 6. The second-order valence-corrected chi connectivity index (χ2v) is 16.5. The van der Waals surface area contributed by atoms with Crippen LogP contribution in [0.2, 0.25) is 5.02 Å². The first-order chi connectivity index (χ1) is 28.6. The number of amides is 4. The zero-order valence-electron chi connectivity index (χ0n) is 33.4. The lowest BCUT2D eigenvalue weighted by Gasteiger charge is -2.39. The minimum atomic E-state index is -4.94. The number of anilines is 4. The smallest absolute Gasteiger partial charge is 0.419 e. The second kappa shape index (κ2) is 17.6. The van der Waals surface area contributed by atoms with Crippen LogP contribution in [0.1, 0.15) is 57.4 Å². The highest BCUT2D eigenvalue weighted by molar-refractivity contribution is 7.81.